The molecule has 0 saturated carbocycles. The van der Waals surface area contributed by atoms with Crippen LogP contribution >= 0.6 is 0 Å². The van der Waals surface area contributed by atoms with E-state index >= 15 is 0 Å². The van der Waals surface area contributed by atoms with Crippen LogP contribution in [0.5, 0.6) is 5.75 Å². The molecule has 0 aromatic heterocycles. The molecule has 102 valence electrons. The summed E-state index contributed by atoms with van der Waals surface area (Å²) < 4.78 is 5.17. The summed E-state index contributed by atoms with van der Waals surface area (Å²) in [5, 5.41) is 11.0. The maximum absolute atomic E-state index is 11.5. The molecule has 1 amide bonds. The van der Waals surface area contributed by atoms with E-state index in [1.54, 1.807) is 13.2 Å². The van der Waals surface area contributed by atoms with E-state index in [-0.39, 0.29) is 0 Å². The van der Waals surface area contributed by atoms with Crippen LogP contribution in [-0.2, 0) is 9.59 Å². The first-order valence-corrected chi connectivity index (χ1v) is 5.80. The first kappa shape index (κ1) is 14.8. The highest BCUT2D eigenvalue weighted by Gasteiger charge is 2.11. The lowest BCUT2D eigenvalue weighted by atomic mass is 10.1. The molecule has 2 N–H and O–H groups in total. The van der Waals surface area contributed by atoms with Crippen molar-refractivity contribution in [3.8, 4) is 5.75 Å². The molecule has 1 unspecified atom stereocenters. The number of carboxylic acid groups (broad SMARTS) is 1. The highest BCUT2D eigenvalue weighted by Crippen LogP contribution is 2.20. The Labute approximate surface area is 111 Å². The third-order valence-electron chi connectivity index (χ3n) is 2.53. The Bertz CT molecular complexity index is 508. The van der Waals surface area contributed by atoms with Crippen LogP contribution in [0.25, 0.3) is 6.08 Å². The van der Waals surface area contributed by atoms with E-state index < -0.39 is 17.9 Å². The highest BCUT2D eigenvalue weighted by atomic mass is 16.5. The Balaban J connectivity index is 2.78. The molecule has 0 saturated heterocycles. The number of hydrogen-bond donors (Lipinski definition) is 2. The average Bonchev–Trinajstić information content (AvgIpc) is 2.36. The predicted octanol–water partition coefficient (Wildman–Crippen LogP) is 1.61. The van der Waals surface area contributed by atoms with Crippen LogP contribution in [0.1, 0.15) is 18.1 Å². The number of carboxylic acids is 1. The summed E-state index contributed by atoms with van der Waals surface area (Å²) >= 11 is 0. The van der Waals surface area contributed by atoms with Crippen molar-refractivity contribution < 1.29 is 19.4 Å². The largest absolute Gasteiger partial charge is 0.496 e. The number of carbonyl (C=O) groups excluding carboxylic acids is 1. The molecule has 0 aliphatic heterocycles. The van der Waals surface area contributed by atoms with Crippen molar-refractivity contribution in [1.82, 2.24) is 5.32 Å². The van der Waals surface area contributed by atoms with E-state index in [1.807, 2.05) is 25.1 Å². The van der Waals surface area contributed by atoms with Gasteiger partial charge in [0.2, 0.25) is 5.91 Å². The molecule has 5 heteroatoms. The summed E-state index contributed by atoms with van der Waals surface area (Å²) in [6.45, 7) is 3.34. The van der Waals surface area contributed by atoms with Crippen molar-refractivity contribution in [2.45, 2.75) is 19.9 Å². The zero-order valence-corrected chi connectivity index (χ0v) is 11.1. The van der Waals surface area contributed by atoms with Crippen LogP contribution in [0.3, 0.4) is 0 Å². The summed E-state index contributed by atoms with van der Waals surface area (Å²) in [5.41, 5.74) is 1.81. The molecule has 0 fully saturated rings. The molecule has 0 bridgehead atoms. The minimum absolute atomic E-state index is 0.460. The van der Waals surface area contributed by atoms with Gasteiger partial charge in [0.1, 0.15) is 11.8 Å². The number of methoxy groups -OCH3 is 1. The number of nitrogens with one attached hydrogen (secondary N) is 1. The fourth-order valence-corrected chi connectivity index (χ4v) is 1.47. The third kappa shape index (κ3) is 4.46. The SMILES string of the molecule is COc1ccc(C)cc1/C=C/C(=O)NC(C)C(=O)O. The van der Waals surface area contributed by atoms with Crippen molar-refractivity contribution >= 4 is 18.0 Å². The van der Waals surface area contributed by atoms with Crippen LogP contribution < -0.4 is 10.1 Å². The van der Waals surface area contributed by atoms with E-state index in [0.717, 1.165) is 11.1 Å². The Morgan fingerprint density at radius 1 is 1.42 bits per heavy atom. The van der Waals surface area contributed by atoms with Gasteiger partial charge in [0.25, 0.3) is 0 Å². The molecule has 0 heterocycles. The van der Waals surface area contributed by atoms with Crippen molar-refractivity contribution in [2.75, 3.05) is 7.11 Å². The van der Waals surface area contributed by atoms with Crippen molar-refractivity contribution in [2.24, 2.45) is 0 Å². The van der Waals surface area contributed by atoms with Gasteiger partial charge in [-0.3, -0.25) is 9.59 Å². The third-order valence-corrected chi connectivity index (χ3v) is 2.53. The van der Waals surface area contributed by atoms with Gasteiger partial charge in [-0.15, -0.1) is 0 Å². The topological polar surface area (TPSA) is 75.6 Å². The van der Waals surface area contributed by atoms with Gasteiger partial charge < -0.3 is 15.2 Å². The summed E-state index contributed by atoms with van der Waals surface area (Å²) in [6.07, 6.45) is 2.88. The van der Waals surface area contributed by atoms with Crippen LogP contribution in [0, 0.1) is 6.92 Å². The molecule has 0 spiro atoms. The van der Waals surface area contributed by atoms with Gasteiger partial charge in [-0.05, 0) is 32.1 Å². The Morgan fingerprint density at radius 3 is 2.68 bits per heavy atom. The minimum Gasteiger partial charge on any atom is -0.496 e. The summed E-state index contributed by atoms with van der Waals surface area (Å²) in [7, 11) is 1.55. The van der Waals surface area contributed by atoms with Gasteiger partial charge in [0, 0.05) is 11.6 Å². The monoisotopic (exact) mass is 263 g/mol. The van der Waals surface area contributed by atoms with Gasteiger partial charge in [-0.1, -0.05) is 11.6 Å². The fraction of sp³-hybridized carbons (Fsp3) is 0.286. The van der Waals surface area contributed by atoms with Gasteiger partial charge >= 0.3 is 5.97 Å². The molecule has 1 rings (SSSR count). The second-order valence-electron chi connectivity index (χ2n) is 4.15. The van der Waals surface area contributed by atoms with Crippen molar-refractivity contribution in [3.05, 3.63) is 35.4 Å². The zero-order valence-electron chi connectivity index (χ0n) is 11.1. The van der Waals surface area contributed by atoms with Crippen molar-refractivity contribution in [3.63, 3.8) is 0 Å². The van der Waals surface area contributed by atoms with Gasteiger partial charge in [0.15, 0.2) is 0 Å². The van der Waals surface area contributed by atoms with Gasteiger partial charge in [-0.25, -0.2) is 0 Å². The average molecular weight is 263 g/mol. The summed E-state index contributed by atoms with van der Waals surface area (Å²) in [5.74, 6) is -0.880. The number of aliphatic carboxylic acids is 1. The molecule has 0 aliphatic carbocycles. The quantitative estimate of drug-likeness (QED) is 0.791. The first-order valence-electron chi connectivity index (χ1n) is 5.80. The Hall–Kier alpha value is -2.30. The van der Waals surface area contributed by atoms with Crippen LogP contribution in [0.15, 0.2) is 24.3 Å². The number of aryl methyl sites for hydroxylation is 1. The molecule has 1 aromatic rings. The maximum atomic E-state index is 11.5. The standard InChI is InChI=1S/C14H17NO4/c1-9-4-6-12(19-3)11(8-9)5-7-13(16)15-10(2)14(17)18/h4-8,10H,1-3H3,(H,15,16)(H,17,18)/b7-5+. The number of rotatable bonds is 5. The minimum atomic E-state index is -1.07. The molecule has 0 radical (unpaired) electrons. The van der Waals surface area contributed by atoms with Crippen LogP contribution in [0.4, 0.5) is 0 Å². The lowest BCUT2D eigenvalue weighted by Gasteiger charge is -2.07. The van der Waals surface area contributed by atoms with Crippen LogP contribution in [0.2, 0.25) is 0 Å². The molecule has 0 aliphatic rings. The van der Waals surface area contributed by atoms with E-state index in [9.17, 15) is 9.59 Å². The van der Waals surface area contributed by atoms with Gasteiger partial charge in [0.05, 0.1) is 7.11 Å². The summed E-state index contributed by atoms with van der Waals surface area (Å²) in [6, 6.07) is 4.68. The lowest BCUT2D eigenvalue weighted by molar-refractivity contribution is -0.140. The molecule has 5 nitrogen and oxygen atoms in total. The molecule has 1 aromatic carbocycles. The zero-order chi connectivity index (χ0) is 14.4. The van der Waals surface area contributed by atoms with Crippen LogP contribution in [-0.4, -0.2) is 30.1 Å². The van der Waals surface area contributed by atoms with Crippen molar-refractivity contribution in [1.29, 1.82) is 0 Å². The normalized spacial score (nSPS) is 12.2. The number of benzene rings is 1. The van der Waals surface area contributed by atoms with E-state index in [4.69, 9.17) is 9.84 Å². The highest BCUT2D eigenvalue weighted by molar-refractivity contribution is 5.94. The first-order chi connectivity index (χ1) is 8.93. The van der Waals surface area contributed by atoms with E-state index in [2.05, 4.69) is 5.32 Å². The van der Waals surface area contributed by atoms with E-state index in [1.165, 1.54) is 13.0 Å². The Morgan fingerprint density at radius 2 is 2.11 bits per heavy atom. The fourth-order valence-electron chi connectivity index (χ4n) is 1.47. The maximum Gasteiger partial charge on any atom is 0.325 e. The lowest BCUT2D eigenvalue weighted by Crippen LogP contribution is -2.37. The molecule has 19 heavy (non-hydrogen) atoms. The molecular formula is C14H17NO4. The number of amides is 1. The van der Waals surface area contributed by atoms with E-state index in [0.29, 0.717) is 5.75 Å². The smallest absolute Gasteiger partial charge is 0.325 e. The molecular weight excluding hydrogens is 246 g/mol. The predicted molar refractivity (Wildman–Crippen MR) is 72.0 cm³/mol. The summed E-state index contributed by atoms with van der Waals surface area (Å²) in [4.78, 5) is 22.1. The Kier molecular flexibility index (Phi) is 5.11. The second-order valence-corrected chi connectivity index (χ2v) is 4.15. The molecule has 1 atom stereocenters. The number of hydrogen-bond acceptors (Lipinski definition) is 3. The number of ether oxygens (including phenoxy) is 1. The second kappa shape index (κ2) is 6.58. The van der Waals surface area contributed by atoms with Gasteiger partial charge in [-0.2, -0.15) is 0 Å². The number of carbonyl (C=O) groups is 2.